The summed E-state index contributed by atoms with van der Waals surface area (Å²) >= 11 is 1.87. The van der Waals surface area contributed by atoms with E-state index >= 15 is 0 Å². The Balaban J connectivity index is 2.55. The van der Waals surface area contributed by atoms with E-state index in [0.29, 0.717) is 0 Å². The smallest absolute Gasteiger partial charge is 0.0469 e. The van der Waals surface area contributed by atoms with Gasteiger partial charge in [-0.15, -0.1) is 11.3 Å². The molecule has 2 aromatic rings. The molecule has 1 aromatic heterocycles. The van der Waals surface area contributed by atoms with E-state index in [1.54, 1.807) is 0 Å². The topological polar surface area (TPSA) is 12.0 Å². The fraction of sp³-hybridized carbons (Fsp3) is 0.333. The van der Waals surface area contributed by atoms with Gasteiger partial charge < -0.3 is 5.32 Å². The summed E-state index contributed by atoms with van der Waals surface area (Å²) in [4.78, 5) is 1.39. The molecule has 14 heavy (non-hydrogen) atoms. The molecule has 1 aromatic carbocycles. The highest BCUT2D eigenvalue weighted by atomic mass is 32.1. The van der Waals surface area contributed by atoms with Crippen LogP contribution in [-0.4, -0.2) is 7.05 Å². The van der Waals surface area contributed by atoms with Crippen LogP contribution >= 0.6 is 11.3 Å². The zero-order chi connectivity index (χ0) is 10.2. The summed E-state index contributed by atoms with van der Waals surface area (Å²) < 4.78 is 1.37. The van der Waals surface area contributed by atoms with Crippen LogP contribution in [0.15, 0.2) is 30.3 Å². The molecule has 0 bridgehead atoms. The van der Waals surface area contributed by atoms with Gasteiger partial charge in [0.2, 0.25) is 0 Å². The predicted molar refractivity (Wildman–Crippen MR) is 63.9 cm³/mol. The molecule has 74 valence electrons. The summed E-state index contributed by atoms with van der Waals surface area (Å²) in [7, 11) is 2.00. The second kappa shape index (κ2) is 3.37. The quantitative estimate of drug-likeness (QED) is 0.792. The van der Waals surface area contributed by atoms with Gasteiger partial charge in [0, 0.05) is 15.1 Å². The second-order valence-electron chi connectivity index (χ2n) is 4.02. The molecule has 0 saturated carbocycles. The summed E-state index contributed by atoms with van der Waals surface area (Å²) in [5.74, 6) is 0. The average molecular weight is 205 g/mol. The van der Waals surface area contributed by atoms with E-state index < -0.39 is 0 Å². The Labute approximate surface area is 88.8 Å². The Morgan fingerprint density at radius 2 is 1.93 bits per heavy atom. The van der Waals surface area contributed by atoms with E-state index in [-0.39, 0.29) is 5.54 Å². The Bertz CT molecular complexity index is 409. The molecule has 0 atom stereocenters. The zero-order valence-corrected chi connectivity index (χ0v) is 9.61. The predicted octanol–water partition coefficient (Wildman–Crippen LogP) is 3.36. The van der Waals surface area contributed by atoms with Crippen molar-refractivity contribution in [1.82, 2.24) is 5.32 Å². The molecule has 0 saturated heterocycles. The average Bonchev–Trinajstić information content (AvgIpc) is 2.61. The van der Waals surface area contributed by atoms with Crippen LogP contribution in [0.1, 0.15) is 18.7 Å². The van der Waals surface area contributed by atoms with E-state index in [4.69, 9.17) is 0 Å². The van der Waals surface area contributed by atoms with Crippen molar-refractivity contribution in [2.24, 2.45) is 0 Å². The minimum Gasteiger partial charge on any atom is -0.310 e. The molecular weight excluding hydrogens is 190 g/mol. The van der Waals surface area contributed by atoms with Crippen molar-refractivity contribution in [3.8, 4) is 0 Å². The van der Waals surface area contributed by atoms with Crippen molar-refractivity contribution in [3.63, 3.8) is 0 Å². The standard InChI is InChI=1S/C12H15NS/c1-12(2,13-3)11-8-9-6-4-5-7-10(9)14-11/h4-8,13H,1-3H3. The van der Waals surface area contributed by atoms with Gasteiger partial charge in [-0.2, -0.15) is 0 Å². The molecule has 0 aliphatic heterocycles. The lowest BCUT2D eigenvalue weighted by atomic mass is 10.0. The minimum absolute atomic E-state index is 0.0731. The van der Waals surface area contributed by atoms with Crippen LogP contribution in [0.25, 0.3) is 10.1 Å². The Kier molecular flexibility index (Phi) is 2.33. The molecule has 0 aliphatic carbocycles. The third-order valence-corrected chi connectivity index (χ3v) is 4.11. The summed E-state index contributed by atoms with van der Waals surface area (Å²) in [6.07, 6.45) is 0. The van der Waals surface area contributed by atoms with Crippen LogP contribution in [0.5, 0.6) is 0 Å². The Morgan fingerprint density at radius 3 is 2.57 bits per heavy atom. The lowest BCUT2D eigenvalue weighted by Gasteiger charge is -2.21. The van der Waals surface area contributed by atoms with Gasteiger partial charge in [-0.3, -0.25) is 0 Å². The monoisotopic (exact) mass is 205 g/mol. The van der Waals surface area contributed by atoms with Gasteiger partial charge in [0.05, 0.1) is 0 Å². The van der Waals surface area contributed by atoms with Gasteiger partial charge in [0.25, 0.3) is 0 Å². The van der Waals surface area contributed by atoms with Crippen LogP contribution in [0, 0.1) is 0 Å². The number of benzene rings is 1. The second-order valence-corrected chi connectivity index (χ2v) is 5.11. The van der Waals surface area contributed by atoms with Crippen LogP contribution in [0.4, 0.5) is 0 Å². The first-order valence-corrected chi connectivity index (χ1v) is 5.63. The molecule has 2 heteroatoms. The van der Waals surface area contributed by atoms with E-state index in [0.717, 1.165) is 0 Å². The lowest BCUT2D eigenvalue weighted by molar-refractivity contribution is 0.454. The summed E-state index contributed by atoms with van der Waals surface area (Å²) in [6, 6.07) is 10.8. The molecule has 1 N–H and O–H groups in total. The van der Waals surface area contributed by atoms with Gasteiger partial charge in [0.1, 0.15) is 0 Å². The van der Waals surface area contributed by atoms with Gasteiger partial charge >= 0.3 is 0 Å². The summed E-state index contributed by atoms with van der Waals surface area (Å²) in [5, 5.41) is 4.67. The van der Waals surface area contributed by atoms with Crippen LogP contribution < -0.4 is 5.32 Å². The van der Waals surface area contributed by atoms with Gasteiger partial charge in [-0.1, -0.05) is 18.2 Å². The molecule has 0 fully saturated rings. The van der Waals surface area contributed by atoms with E-state index in [1.807, 2.05) is 18.4 Å². The lowest BCUT2D eigenvalue weighted by Crippen LogP contribution is -2.31. The fourth-order valence-electron chi connectivity index (χ4n) is 1.41. The molecule has 2 rings (SSSR count). The molecule has 0 unspecified atom stereocenters. The van der Waals surface area contributed by atoms with Gasteiger partial charge in [0.15, 0.2) is 0 Å². The van der Waals surface area contributed by atoms with Crippen LogP contribution in [0.2, 0.25) is 0 Å². The highest BCUT2D eigenvalue weighted by molar-refractivity contribution is 7.19. The molecule has 0 aliphatic rings. The maximum absolute atomic E-state index is 3.33. The largest absolute Gasteiger partial charge is 0.310 e. The SMILES string of the molecule is CNC(C)(C)c1cc2ccccc2s1. The maximum Gasteiger partial charge on any atom is 0.0469 e. The number of thiophene rings is 1. The Hall–Kier alpha value is -0.860. The molecule has 1 heterocycles. The number of rotatable bonds is 2. The van der Waals surface area contributed by atoms with Crippen molar-refractivity contribution in [2.45, 2.75) is 19.4 Å². The van der Waals surface area contributed by atoms with Crippen molar-refractivity contribution >= 4 is 21.4 Å². The zero-order valence-electron chi connectivity index (χ0n) is 8.79. The first kappa shape index (κ1) is 9.69. The third-order valence-electron chi connectivity index (χ3n) is 2.67. The van der Waals surface area contributed by atoms with Crippen molar-refractivity contribution in [3.05, 3.63) is 35.2 Å². The number of nitrogens with one attached hydrogen (secondary N) is 1. The normalized spacial score (nSPS) is 12.2. The van der Waals surface area contributed by atoms with Gasteiger partial charge in [-0.05, 0) is 38.4 Å². The number of hydrogen-bond donors (Lipinski definition) is 1. The molecule has 0 spiro atoms. The molecule has 1 nitrogen and oxygen atoms in total. The van der Waals surface area contributed by atoms with Gasteiger partial charge in [-0.25, -0.2) is 0 Å². The minimum atomic E-state index is 0.0731. The number of fused-ring (bicyclic) bond motifs is 1. The maximum atomic E-state index is 3.33. The molecular formula is C12H15NS. The summed E-state index contributed by atoms with van der Waals surface area (Å²) in [6.45, 7) is 4.41. The molecule has 0 amide bonds. The van der Waals surface area contributed by atoms with E-state index in [2.05, 4.69) is 49.5 Å². The van der Waals surface area contributed by atoms with Crippen molar-refractivity contribution in [2.75, 3.05) is 7.05 Å². The fourth-order valence-corrected chi connectivity index (χ4v) is 2.58. The highest BCUT2D eigenvalue weighted by Crippen LogP contribution is 2.32. The first-order valence-electron chi connectivity index (χ1n) is 4.81. The Morgan fingerprint density at radius 1 is 1.21 bits per heavy atom. The summed E-state index contributed by atoms with van der Waals surface area (Å²) in [5.41, 5.74) is 0.0731. The first-order chi connectivity index (χ1) is 6.63. The van der Waals surface area contributed by atoms with Crippen LogP contribution in [0.3, 0.4) is 0 Å². The third kappa shape index (κ3) is 1.56. The van der Waals surface area contributed by atoms with Crippen molar-refractivity contribution < 1.29 is 0 Å². The van der Waals surface area contributed by atoms with Crippen molar-refractivity contribution in [1.29, 1.82) is 0 Å². The molecule has 0 radical (unpaired) electrons. The van der Waals surface area contributed by atoms with E-state index in [1.165, 1.54) is 15.0 Å². The highest BCUT2D eigenvalue weighted by Gasteiger charge is 2.19. The van der Waals surface area contributed by atoms with E-state index in [9.17, 15) is 0 Å². The number of hydrogen-bond acceptors (Lipinski definition) is 2. The van der Waals surface area contributed by atoms with Crippen LogP contribution in [-0.2, 0) is 5.54 Å².